The standard InChI is InChI=1S/C27H28N2O4/c30-18-25-24(29-27(32)21-9-5-2-6-10-21)16-15-23(33-25)17-26(31)28-22-13-11-20(12-14-22)19-7-3-1-4-8-19/h1-14,23-25,30H,15-18H2,(H,28,31)(H,29,32)/t23-,24+,25-/m0/s1. The van der Waals surface area contributed by atoms with Crippen LogP contribution in [-0.2, 0) is 9.53 Å². The summed E-state index contributed by atoms with van der Waals surface area (Å²) in [7, 11) is 0. The van der Waals surface area contributed by atoms with Gasteiger partial charge in [0.1, 0.15) is 6.10 Å². The van der Waals surface area contributed by atoms with Crippen molar-refractivity contribution < 1.29 is 19.4 Å². The van der Waals surface area contributed by atoms with Crippen LogP contribution in [0.25, 0.3) is 11.1 Å². The molecule has 6 heteroatoms. The van der Waals surface area contributed by atoms with Gasteiger partial charge in [-0.1, -0.05) is 60.7 Å². The van der Waals surface area contributed by atoms with Crippen molar-refractivity contribution in [2.45, 2.75) is 37.5 Å². The number of rotatable bonds is 7. The third-order valence-electron chi connectivity index (χ3n) is 5.84. The highest BCUT2D eigenvalue weighted by atomic mass is 16.5. The SMILES string of the molecule is O=C(C[C@@H]1CC[C@@H](NC(=O)c2ccccc2)[C@H](CO)O1)Nc1ccc(-c2ccccc2)cc1. The summed E-state index contributed by atoms with van der Waals surface area (Å²) in [5.74, 6) is -0.339. The van der Waals surface area contributed by atoms with Crippen LogP contribution >= 0.6 is 0 Å². The van der Waals surface area contributed by atoms with Gasteiger partial charge in [0, 0.05) is 11.3 Å². The average Bonchev–Trinajstić information content (AvgIpc) is 2.86. The van der Waals surface area contributed by atoms with Crippen LogP contribution in [-0.4, -0.2) is 41.8 Å². The summed E-state index contributed by atoms with van der Waals surface area (Å²) in [4.78, 5) is 25.0. The quantitative estimate of drug-likeness (QED) is 0.514. The molecule has 4 rings (SSSR count). The molecular formula is C27H28N2O4. The molecule has 0 saturated carbocycles. The van der Waals surface area contributed by atoms with E-state index < -0.39 is 6.10 Å². The molecule has 6 nitrogen and oxygen atoms in total. The smallest absolute Gasteiger partial charge is 0.251 e. The van der Waals surface area contributed by atoms with Crippen LogP contribution in [0.3, 0.4) is 0 Å². The number of anilines is 1. The molecule has 2 amide bonds. The largest absolute Gasteiger partial charge is 0.394 e. The number of carbonyl (C=O) groups excluding carboxylic acids is 2. The molecule has 3 aromatic carbocycles. The molecule has 1 aliphatic rings. The maximum Gasteiger partial charge on any atom is 0.251 e. The van der Waals surface area contributed by atoms with Gasteiger partial charge in [-0.2, -0.15) is 0 Å². The molecule has 3 atom stereocenters. The van der Waals surface area contributed by atoms with Crippen molar-refractivity contribution in [1.29, 1.82) is 0 Å². The van der Waals surface area contributed by atoms with E-state index in [0.717, 1.165) is 16.8 Å². The Kier molecular flexibility index (Phi) is 7.50. The molecule has 0 aliphatic carbocycles. The number of aliphatic hydroxyl groups is 1. The van der Waals surface area contributed by atoms with E-state index in [0.29, 0.717) is 18.4 Å². The number of ether oxygens (including phenoxy) is 1. The van der Waals surface area contributed by atoms with Gasteiger partial charge in [-0.25, -0.2) is 0 Å². The first-order valence-electron chi connectivity index (χ1n) is 11.2. The highest BCUT2D eigenvalue weighted by Gasteiger charge is 2.33. The lowest BCUT2D eigenvalue weighted by molar-refractivity contribution is -0.126. The number of nitrogens with one attached hydrogen (secondary N) is 2. The Balaban J connectivity index is 1.28. The first-order chi connectivity index (χ1) is 16.1. The second-order valence-corrected chi connectivity index (χ2v) is 8.20. The van der Waals surface area contributed by atoms with Crippen molar-refractivity contribution in [2.24, 2.45) is 0 Å². The van der Waals surface area contributed by atoms with Crippen LogP contribution in [0.1, 0.15) is 29.6 Å². The van der Waals surface area contributed by atoms with Gasteiger partial charge in [-0.3, -0.25) is 9.59 Å². The van der Waals surface area contributed by atoms with Gasteiger partial charge in [-0.15, -0.1) is 0 Å². The molecule has 0 aromatic heterocycles. The van der Waals surface area contributed by atoms with Crippen LogP contribution in [0.15, 0.2) is 84.9 Å². The van der Waals surface area contributed by atoms with E-state index in [4.69, 9.17) is 4.74 Å². The van der Waals surface area contributed by atoms with Crippen LogP contribution in [0, 0.1) is 0 Å². The Bertz CT molecular complexity index is 1050. The monoisotopic (exact) mass is 444 g/mol. The summed E-state index contributed by atoms with van der Waals surface area (Å²) in [6.45, 7) is -0.223. The van der Waals surface area contributed by atoms with Crippen molar-refractivity contribution in [3.8, 4) is 11.1 Å². The fourth-order valence-corrected chi connectivity index (χ4v) is 4.08. The Morgan fingerprint density at radius 3 is 2.15 bits per heavy atom. The number of hydrogen-bond acceptors (Lipinski definition) is 4. The Morgan fingerprint density at radius 1 is 0.848 bits per heavy atom. The van der Waals surface area contributed by atoms with Crippen LogP contribution < -0.4 is 10.6 Å². The summed E-state index contributed by atoms with van der Waals surface area (Å²) in [5, 5.41) is 15.6. The fourth-order valence-electron chi connectivity index (χ4n) is 4.08. The zero-order valence-electron chi connectivity index (χ0n) is 18.3. The highest BCUT2D eigenvalue weighted by molar-refractivity contribution is 5.94. The third-order valence-corrected chi connectivity index (χ3v) is 5.84. The van der Waals surface area contributed by atoms with Gasteiger partial charge in [0.05, 0.1) is 25.2 Å². The van der Waals surface area contributed by atoms with Crippen molar-refractivity contribution >= 4 is 17.5 Å². The molecule has 0 bridgehead atoms. The summed E-state index contributed by atoms with van der Waals surface area (Å²) < 4.78 is 5.94. The van der Waals surface area contributed by atoms with E-state index in [2.05, 4.69) is 10.6 Å². The van der Waals surface area contributed by atoms with E-state index >= 15 is 0 Å². The second kappa shape index (κ2) is 10.9. The number of amides is 2. The minimum absolute atomic E-state index is 0.143. The first-order valence-corrected chi connectivity index (χ1v) is 11.2. The predicted octanol–water partition coefficient (Wildman–Crippen LogP) is 4.02. The van der Waals surface area contributed by atoms with Crippen LogP contribution in [0.5, 0.6) is 0 Å². The Labute approximate surface area is 193 Å². The van der Waals surface area contributed by atoms with Crippen molar-refractivity contribution in [3.63, 3.8) is 0 Å². The molecule has 33 heavy (non-hydrogen) atoms. The molecule has 170 valence electrons. The van der Waals surface area contributed by atoms with E-state index in [1.807, 2.05) is 60.7 Å². The molecule has 3 N–H and O–H groups in total. The van der Waals surface area contributed by atoms with Crippen LogP contribution in [0.4, 0.5) is 5.69 Å². The van der Waals surface area contributed by atoms with Gasteiger partial charge in [0.15, 0.2) is 0 Å². The highest BCUT2D eigenvalue weighted by Crippen LogP contribution is 2.24. The fraction of sp³-hybridized carbons (Fsp3) is 0.259. The lowest BCUT2D eigenvalue weighted by Crippen LogP contribution is -2.51. The topological polar surface area (TPSA) is 87.7 Å². The number of hydrogen-bond donors (Lipinski definition) is 3. The van der Waals surface area contributed by atoms with Gasteiger partial charge >= 0.3 is 0 Å². The minimum Gasteiger partial charge on any atom is -0.394 e. The minimum atomic E-state index is -0.547. The maximum atomic E-state index is 12.6. The molecule has 3 aromatic rings. The third kappa shape index (κ3) is 6.06. The molecule has 0 spiro atoms. The molecular weight excluding hydrogens is 416 g/mol. The van der Waals surface area contributed by atoms with Crippen molar-refractivity contribution in [3.05, 3.63) is 90.5 Å². The first kappa shape index (κ1) is 22.7. The molecule has 0 radical (unpaired) electrons. The summed E-state index contributed by atoms with van der Waals surface area (Å²) >= 11 is 0. The van der Waals surface area contributed by atoms with Gasteiger partial charge in [0.2, 0.25) is 5.91 Å². The van der Waals surface area contributed by atoms with Gasteiger partial charge in [0.25, 0.3) is 5.91 Å². The summed E-state index contributed by atoms with van der Waals surface area (Å²) in [6, 6.07) is 26.4. The zero-order valence-corrected chi connectivity index (χ0v) is 18.3. The van der Waals surface area contributed by atoms with E-state index in [1.54, 1.807) is 24.3 Å². The normalized spacial score (nSPS) is 20.1. The Morgan fingerprint density at radius 2 is 1.48 bits per heavy atom. The lowest BCUT2D eigenvalue weighted by atomic mass is 9.96. The van der Waals surface area contributed by atoms with Gasteiger partial charge < -0.3 is 20.5 Å². The molecule has 1 fully saturated rings. The van der Waals surface area contributed by atoms with E-state index in [1.165, 1.54) is 0 Å². The van der Waals surface area contributed by atoms with Crippen molar-refractivity contribution in [1.82, 2.24) is 5.32 Å². The van der Waals surface area contributed by atoms with E-state index in [-0.39, 0.29) is 37.0 Å². The maximum absolute atomic E-state index is 12.6. The molecule has 1 aliphatic heterocycles. The number of carbonyl (C=O) groups is 2. The average molecular weight is 445 g/mol. The van der Waals surface area contributed by atoms with Crippen LogP contribution in [0.2, 0.25) is 0 Å². The van der Waals surface area contributed by atoms with E-state index in [9.17, 15) is 14.7 Å². The number of benzene rings is 3. The predicted molar refractivity (Wildman–Crippen MR) is 128 cm³/mol. The lowest BCUT2D eigenvalue weighted by Gasteiger charge is -2.36. The summed E-state index contributed by atoms with van der Waals surface area (Å²) in [6.07, 6.45) is 0.588. The summed E-state index contributed by atoms with van der Waals surface area (Å²) in [5.41, 5.74) is 3.49. The Hall–Kier alpha value is -3.48. The number of aliphatic hydroxyl groups excluding tert-OH is 1. The molecule has 1 heterocycles. The molecule has 1 saturated heterocycles. The molecule has 0 unspecified atom stereocenters. The van der Waals surface area contributed by atoms with Gasteiger partial charge in [-0.05, 0) is 48.2 Å². The second-order valence-electron chi connectivity index (χ2n) is 8.20. The van der Waals surface area contributed by atoms with Crippen molar-refractivity contribution in [2.75, 3.05) is 11.9 Å². The zero-order chi connectivity index (χ0) is 23.0.